The van der Waals surface area contributed by atoms with E-state index in [2.05, 4.69) is 21.2 Å². The first-order valence-corrected chi connectivity index (χ1v) is 5.43. The molecule has 1 N–H and O–H groups in total. The highest BCUT2D eigenvalue weighted by molar-refractivity contribution is 5.54. The van der Waals surface area contributed by atoms with Crippen molar-refractivity contribution < 1.29 is 4.39 Å². The Hall–Kier alpha value is -2.41. The van der Waals surface area contributed by atoms with Crippen molar-refractivity contribution >= 4 is 11.6 Å². The Balaban J connectivity index is 2.31. The molecule has 4 heteroatoms. The summed E-state index contributed by atoms with van der Waals surface area (Å²) in [6.45, 7) is 3.61. The van der Waals surface area contributed by atoms with Crippen molar-refractivity contribution in [3.63, 3.8) is 0 Å². The quantitative estimate of drug-likeness (QED) is 0.821. The van der Waals surface area contributed by atoms with E-state index < -0.39 is 0 Å². The summed E-state index contributed by atoms with van der Waals surface area (Å²) < 4.78 is 13.1. The Morgan fingerprint density at radius 3 is 2.67 bits per heavy atom. The number of rotatable bonds is 2. The van der Waals surface area contributed by atoms with Gasteiger partial charge in [-0.3, -0.25) is 0 Å². The number of hydrogen-bond donors (Lipinski definition) is 1. The highest BCUT2D eigenvalue weighted by Gasteiger charge is 2.03. The Morgan fingerprint density at radius 1 is 1.22 bits per heavy atom. The highest BCUT2D eigenvalue weighted by atomic mass is 19.1. The lowest BCUT2D eigenvalue weighted by Crippen LogP contribution is -1.99. The van der Waals surface area contributed by atoms with E-state index in [1.54, 1.807) is 13.0 Å². The molecule has 0 unspecified atom stereocenters. The van der Waals surface area contributed by atoms with Crippen molar-refractivity contribution in [2.24, 2.45) is 0 Å². The van der Waals surface area contributed by atoms with Crippen LogP contribution >= 0.6 is 0 Å². The van der Waals surface area contributed by atoms with Gasteiger partial charge in [0.2, 0.25) is 0 Å². The number of hydrogen-bond acceptors (Lipinski definition) is 3. The molecule has 2 aromatic heterocycles. The lowest BCUT2D eigenvalue weighted by molar-refractivity contribution is 0.612. The van der Waals surface area contributed by atoms with Crippen LogP contribution < -0.4 is 5.32 Å². The van der Waals surface area contributed by atoms with Crippen molar-refractivity contribution in [1.29, 1.82) is 0 Å². The second-order valence-corrected chi connectivity index (χ2v) is 4.00. The zero-order valence-corrected chi connectivity index (χ0v) is 10.2. The molecule has 0 aliphatic heterocycles. The molecule has 2 heterocycles. The summed E-state index contributed by atoms with van der Waals surface area (Å²) in [6, 6.07) is 5.28. The molecule has 2 aromatic rings. The number of halogens is 1. The van der Waals surface area contributed by atoms with Crippen molar-refractivity contribution in [1.82, 2.24) is 9.97 Å². The van der Waals surface area contributed by atoms with Crippen molar-refractivity contribution in [3.8, 4) is 12.3 Å². The molecule has 0 atom stereocenters. The van der Waals surface area contributed by atoms with Gasteiger partial charge in [-0.15, -0.1) is 6.42 Å². The van der Waals surface area contributed by atoms with E-state index in [1.165, 1.54) is 6.20 Å². The molecule has 0 amide bonds. The Bertz CT molecular complexity index is 629. The minimum Gasteiger partial charge on any atom is -0.325 e. The van der Waals surface area contributed by atoms with Crippen LogP contribution in [-0.2, 0) is 0 Å². The monoisotopic (exact) mass is 241 g/mol. The van der Waals surface area contributed by atoms with Crippen molar-refractivity contribution in [2.45, 2.75) is 13.8 Å². The fraction of sp³-hybridized carbons (Fsp3) is 0.143. The summed E-state index contributed by atoms with van der Waals surface area (Å²) in [5, 5.41) is 3.00. The van der Waals surface area contributed by atoms with Crippen molar-refractivity contribution in [2.75, 3.05) is 5.32 Å². The summed E-state index contributed by atoms with van der Waals surface area (Å²) in [6.07, 6.45) is 6.50. The van der Waals surface area contributed by atoms with Gasteiger partial charge in [-0.1, -0.05) is 5.92 Å². The second kappa shape index (κ2) is 4.84. The standard InChI is InChI=1S/C14H12FN3/c1-4-11-5-9(2)6-14(17-11)18-13-7-10(3)12(15)8-16-13/h1,5-8H,2-3H3,(H,16,17,18). The van der Waals surface area contributed by atoms with Gasteiger partial charge in [0, 0.05) is 0 Å². The van der Waals surface area contributed by atoms with E-state index in [0.717, 1.165) is 5.56 Å². The molecule has 0 bridgehead atoms. The molecule has 0 aliphatic carbocycles. The molecule has 0 radical (unpaired) electrons. The third-order valence-corrected chi connectivity index (χ3v) is 2.42. The first kappa shape index (κ1) is 12.1. The number of aromatic nitrogens is 2. The number of anilines is 2. The van der Waals surface area contributed by atoms with Crippen LogP contribution in [0.15, 0.2) is 24.4 Å². The SMILES string of the molecule is C#Cc1cc(C)cc(Nc2cc(C)c(F)cn2)n1. The summed E-state index contributed by atoms with van der Waals surface area (Å²) in [5.74, 6) is 3.29. The Morgan fingerprint density at radius 2 is 2.00 bits per heavy atom. The van der Waals surface area contributed by atoms with E-state index in [9.17, 15) is 4.39 Å². The van der Waals surface area contributed by atoms with Gasteiger partial charge in [0.15, 0.2) is 0 Å². The lowest BCUT2D eigenvalue weighted by atomic mass is 10.2. The fourth-order valence-corrected chi connectivity index (χ4v) is 1.54. The first-order chi connectivity index (χ1) is 8.58. The molecule has 0 saturated heterocycles. The molecule has 90 valence electrons. The predicted molar refractivity (Wildman–Crippen MR) is 69.1 cm³/mol. The minimum atomic E-state index is -0.331. The van der Waals surface area contributed by atoms with E-state index >= 15 is 0 Å². The number of pyridine rings is 2. The molecular formula is C14H12FN3. The fourth-order valence-electron chi connectivity index (χ4n) is 1.54. The summed E-state index contributed by atoms with van der Waals surface area (Å²) in [7, 11) is 0. The van der Waals surface area contributed by atoms with Gasteiger partial charge in [0.05, 0.1) is 6.20 Å². The average molecular weight is 241 g/mol. The zero-order chi connectivity index (χ0) is 13.1. The average Bonchev–Trinajstić information content (AvgIpc) is 2.33. The largest absolute Gasteiger partial charge is 0.325 e. The first-order valence-electron chi connectivity index (χ1n) is 5.43. The molecule has 0 saturated carbocycles. The Labute approximate surface area is 105 Å². The molecule has 0 spiro atoms. The lowest BCUT2D eigenvalue weighted by Gasteiger charge is -2.07. The van der Waals surface area contributed by atoms with E-state index in [0.29, 0.717) is 22.9 Å². The summed E-state index contributed by atoms with van der Waals surface area (Å²) >= 11 is 0. The number of nitrogens with zero attached hydrogens (tertiary/aromatic N) is 2. The van der Waals surface area contributed by atoms with Gasteiger partial charge in [0.25, 0.3) is 0 Å². The topological polar surface area (TPSA) is 37.8 Å². The third-order valence-electron chi connectivity index (χ3n) is 2.42. The van der Waals surface area contributed by atoms with E-state index in [1.807, 2.05) is 19.1 Å². The van der Waals surface area contributed by atoms with E-state index in [4.69, 9.17) is 6.42 Å². The molecular weight excluding hydrogens is 229 g/mol. The maximum atomic E-state index is 13.1. The number of nitrogens with one attached hydrogen (secondary N) is 1. The van der Waals surface area contributed by atoms with Crippen molar-refractivity contribution in [3.05, 3.63) is 47.0 Å². The smallest absolute Gasteiger partial charge is 0.144 e. The van der Waals surface area contributed by atoms with Crippen LogP contribution in [0.25, 0.3) is 0 Å². The molecule has 0 fully saturated rings. The summed E-state index contributed by atoms with van der Waals surface area (Å²) in [5.41, 5.74) is 2.08. The minimum absolute atomic E-state index is 0.331. The predicted octanol–water partition coefficient (Wildman–Crippen LogP) is 2.96. The second-order valence-electron chi connectivity index (χ2n) is 4.00. The van der Waals surface area contributed by atoms with Crippen LogP contribution in [0.3, 0.4) is 0 Å². The number of terminal acetylenes is 1. The normalized spacial score (nSPS) is 9.89. The van der Waals surface area contributed by atoms with Gasteiger partial charge >= 0.3 is 0 Å². The summed E-state index contributed by atoms with van der Waals surface area (Å²) in [4.78, 5) is 8.16. The van der Waals surface area contributed by atoms with Crippen LogP contribution in [0.4, 0.5) is 16.0 Å². The van der Waals surface area contributed by atoms with Gasteiger partial charge in [0.1, 0.15) is 23.1 Å². The van der Waals surface area contributed by atoms with E-state index in [-0.39, 0.29) is 5.82 Å². The maximum absolute atomic E-state index is 13.1. The molecule has 18 heavy (non-hydrogen) atoms. The molecule has 0 aliphatic rings. The van der Waals surface area contributed by atoms with Crippen LogP contribution in [0.2, 0.25) is 0 Å². The third kappa shape index (κ3) is 2.64. The van der Waals surface area contributed by atoms with Crippen LogP contribution in [0.1, 0.15) is 16.8 Å². The van der Waals surface area contributed by atoms with Crippen LogP contribution in [0, 0.1) is 32.0 Å². The molecule has 0 aromatic carbocycles. The molecule has 3 nitrogen and oxygen atoms in total. The maximum Gasteiger partial charge on any atom is 0.144 e. The van der Waals surface area contributed by atoms with Gasteiger partial charge in [-0.05, 0) is 43.2 Å². The highest BCUT2D eigenvalue weighted by Crippen LogP contribution is 2.16. The Kier molecular flexibility index (Phi) is 3.24. The number of aryl methyl sites for hydroxylation is 2. The van der Waals surface area contributed by atoms with Gasteiger partial charge < -0.3 is 5.32 Å². The van der Waals surface area contributed by atoms with Crippen LogP contribution in [0.5, 0.6) is 0 Å². The van der Waals surface area contributed by atoms with Gasteiger partial charge in [-0.25, -0.2) is 14.4 Å². The zero-order valence-electron chi connectivity index (χ0n) is 10.2. The van der Waals surface area contributed by atoms with Gasteiger partial charge in [-0.2, -0.15) is 0 Å². The molecule has 2 rings (SSSR count). The van der Waals surface area contributed by atoms with Crippen LogP contribution in [-0.4, -0.2) is 9.97 Å².